The smallest absolute Gasteiger partial charge is 0.315 e. The lowest BCUT2D eigenvalue weighted by Gasteiger charge is -2.22. The fraction of sp³-hybridized carbons (Fsp3) is 0.800. The number of hydrogen-bond donors (Lipinski definition) is 2. The van der Waals surface area contributed by atoms with Crippen LogP contribution >= 0.6 is 0 Å². The number of ketones is 1. The first kappa shape index (κ1) is 11.0. The molecule has 1 aliphatic rings. The summed E-state index contributed by atoms with van der Waals surface area (Å²) in [7, 11) is 0. The van der Waals surface area contributed by atoms with E-state index in [1.165, 1.54) is 0 Å². The number of nitrogens with one attached hydrogen (secondary N) is 2. The van der Waals surface area contributed by atoms with Crippen LogP contribution in [0.4, 0.5) is 4.79 Å². The lowest BCUT2D eigenvalue weighted by Crippen LogP contribution is -2.45. The van der Waals surface area contributed by atoms with Crippen molar-refractivity contribution >= 4 is 11.8 Å². The Morgan fingerprint density at radius 3 is 2.43 bits per heavy atom. The largest absolute Gasteiger partial charge is 0.336 e. The summed E-state index contributed by atoms with van der Waals surface area (Å²) in [6.45, 7) is 3.84. The molecule has 0 bridgehead atoms. The number of amides is 2. The highest BCUT2D eigenvalue weighted by molar-refractivity contribution is 5.80. The minimum Gasteiger partial charge on any atom is -0.336 e. The minimum absolute atomic E-state index is 0.126. The van der Waals surface area contributed by atoms with Crippen molar-refractivity contribution in [3.05, 3.63) is 0 Å². The van der Waals surface area contributed by atoms with Gasteiger partial charge in [0.05, 0.1) is 0 Å². The van der Waals surface area contributed by atoms with Crippen molar-refractivity contribution in [1.29, 1.82) is 0 Å². The summed E-state index contributed by atoms with van der Waals surface area (Å²) in [5, 5.41) is 5.63. The van der Waals surface area contributed by atoms with Crippen LogP contribution in [0.3, 0.4) is 0 Å². The van der Waals surface area contributed by atoms with Gasteiger partial charge in [-0.25, -0.2) is 4.79 Å². The van der Waals surface area contributed by atoms with E-state index in [0.717, 1.165) is 12.8 Å². The SMILES string of the molecule is CC(C)NC(=O)NC1CCC(=O)CC1. The molecule has 1 saturated carbocycles. The number of Topliss-reactive ketones (excluding diaryl/α,β-unsaturated/α-hetero) is 1. The van der Waals surface area contributed by atoms with Crippen molar-refractivity contribution in [2.24, 2.45) is 0 Å². The fourth-order valence-electron chi connectivity index (χ4n) is 1.57. The number of rotatable bonds is 2. The van der Waals surface area contributed by atoms with Gasteiger partial charge < -0.3 is 10.6 Å². The predicted molar refractivity (Wildman–Crippen MR) is 54.1 cm³/mol. The van der Waals surface area contributed by atoms with E-state index < -0.39 is 0 Å². The summed E-state index contributed by atoms with van der Waals surface area (Å²) in [6, 6.07) is 0.200. The average Bonchev–Trinajstić information content (AvgIpc) is 2.07. The molecule has 0 aromatic heterocycles. The Bertz CT molecular complexity index is 216. The molecule has 0 heterocycles. The standard InChI is InChI=1S/C10H18N2O2/c1-7(2)11-10(14)12-8-3-5-9(13)6-4-8/h7-8H,3-6H2,1-2H3,(H2,11,12,14). The molecule has 0 saturated heterocycles. The van der Waals surface area contributed by atoms with Crippen LogP contribution in [0.1, 0.15) is 39.5 Å². The topological polar surface area (TPSA) is 58.2 Å². The summed E-state index contributed by atoms with van der Waals surface area (Å²) in [5.41, 5.74) is 0. The van der Waals surface area contributed by atoms with Gasteiger partial charge in [-0.2, -0.15) is 0 Å². The molecule has 0 atom stereocenters. The lowest BCUT2D eigenvalue weighted by atomic mass is 9.94. The molecule has 14 heavy (non-hydrogen) atoms. The van der Waals surface area contributed by atoms with Gasteiger partial charge in [0, 0.05) is 24.9 Å². The van der Waals surface area contributed by atoms with Crippen molar-refractivity contribution in [1.82, 2.24) is 10.6 Å². The first-order chi connectivity index (χ1) is 6.58. The minimum atomic E-state index is -0.126. The number of carbonyl (C=O) groups is 2. The van der Waals surface area contributed by atoms with Crippen molar-refractivity contribution in [3.63, 3.8) is 0 Å². The molecule has 0 aromatic carbocycles. The highest BCUT2D eigenvalue weighted by atomic mass is 16.2. The zero-order valence-electron chi connectivity index (χ0n) is 8.80. The van der Waals surface area contributed by atoms with Crippen LogP contribution in [0.15, 0.2) is 0 Å². The Kier molecular flexibility index (Phi) is 3.92. The van der Waals surface area contributed by atoms with Crippen LogP contribution < -0.4 is 10.6 Å². The van der Waals surface area contributed by atoms with E-state index in [4.69, 9.17) is 0 Å². The number of carbonyl (C=O) groups excluding carboxylic acids is 2. The van der Waals surface area contributed by atoms with Gasteiger partial charge in [0.1, 0.15) is 5.78 Å². The maximum Gasteiger partial charge on any atom is 0.315 e. The maximum absolute atomic E-state index is 11.3. The van der Waals surface area contributed by atoms with Crippen molar-refractivity contribution in [3.8, 4) is 0 Å². The quantitative estimate of drug-likeness (QED) is 0.700. The van der Waals surface area contributed by atoms with Crippen molar-refractivity contribution < 1.29 is 9.59 Å². The Hall–Kier alpha value is -1.06. The van der Waals surface area contributed by atoms with Gasteiger partial charge in [-0.05, 0) is 26.7 Å². The van der Waals surface area contributed by atoms with E-state index in [9.17, 15) is 9.59 Å². The molecule has 1 aliphatic carbocycles. The van der Waals surface area contributed by atoms with Gasteiger partial charge in [0.15, 0.2) is 0 Å². The van der Waals surface area contributed by atoms with Gasteiger partial charge in [0.2, 0.25) is 0 Å². The van der Waals surface area contributed by atoms with E-state index in [-0.39, 0.29) is 18.1 Å². The van der Waals surface area contributed by atoms with Gasteiger partial charge in [-0.15, -0.1) is 0 Å². The molecule has 1 rings (SSSR count). The van der Waals surface area contributed by atoms with E-state index in [1.54, 1.807) is 0 Å². The highest BCUT2D eigenvalue weighted by Crippen LogP contribution is 2.14. The molecule has 2 N–H and O–H groups in total. The second-order valence-electron chi connectivity index (χ2n) is 4.09. The summed E-state index contributed by atoms with van der Waals surface area (Å²) in [5.74, 6) is 0.312. The van der Waals surface area contributed by atoms with Gasteiger partial charge in [0.25, 0.3) is 0 Å². The zero-order chi connectivity index (χ0) is 10.6. The Morgan fingerprint density at radius 2 is 1.93 bits per heavy atom. The van der Waals surface area contributed by atoms with Crippen LogP contribution in [0.25, 0.3) is 0 Å². The van der Waals surface area contributed by atoms with Crippen molar-refractivity contribution in [2.45, 2.75) is 51.6 Å². The highest BCUT2D eigenvalue weighted by Gasteiger charge is 2.19. The summed E-state index contributed by atoms with van der Waals surface area (Å²) in [6.07, 6.45) is 2.77. The first-order valence-electron chi connectivity index (χ1n) is 5.16. The van der Waals surface area contributed by atoms with Gasteiger partial charge in [-0.1, -0.05) is 0 Å². The summed E-state index contributed by atoms with van der Waals surface area (Å²) < 4.78 is 0. The molecule has 0 aromatic rings. The third-order valence-corrected chi connectivity index (χ3v) is 2.30. The Morgan fingerprint density at radius 1 is 1.36 bits per heavy atom. The molecule has 1 fully saturated rings. The lowest BCUT2D eigenvalue weighted by molar-refractivity contribution is -0.120. The van der Waals surface area contributed by atoms with Crippen molar-refractivity contribution in [2.75, 3.05) is 0 Å². The van der Waals surface area contributed by atoms with Crippen LogP contribution in [0.2, 0.25) is 0 Å². The maximum atomic E-state index is 11.3. The third-order valence-electron chi connectivity index (χ3n) is 2.30. The molecular weight excluding hydrogens is 180 g/mol. The van der Waals surface area contributed by atoms with Crippen LogP contribution in [0, 0.1) is 0 Å². The summed E-state index contributed by atoms with van der Waals surface area (Å²) in [4.78, 5) is 22.2. The van der Waals surface area contributed by atoms with Crippen LogP contribution in [0.5, 0.6) is 0 Å². The van der Waals surface area contributed by atoms with Gasteiger partial charge >= 0.3 is 6.03 Å². The first-order valence-corrected chi connectivity index (χ1v) is 5.16. The molecule has 4 heteroatoms. The van der Waals surface area contributed by atoms with Crippen LogP contribution in [-0.2, 0) is 4.79 Å². The Balaban J connectivity index is 2.24. The van der Waals surface area contributed by atoms with E-state index in [1.807, 2.05) is 13.8 Å². The predicted octanol–water partition coefficient (Wildman–Crippen LogP) is 1.21. The molecule has 4 nitrogen and oxygen atoms in total. The van der Waals surface area contributed by atoms with E-state index in [0.29, 0.717) is 18.6 Å². The number of urea groups is 1. The average molecular weight is 198 g/mol. The van der Waals surface area contributed by atoms with E-state index >= 15 is 0 Å². The van der Waals surface area contributed by atoms with Crippen LogP contribution in [-0.4, -0.2) is 23.9 Å². The molecular formula is C10H18N2O2. The molecule has 80 valence electrons. The Labute approximate surface area is 84.4 Å². The normalized spacial score (nSPS) is 18.4. The molecule has 0 radical (unpaired) electrons. The monoisotopic (exact) mass is 198 g/mol. The molecule has 0 aliphatic heterocycles. The molecule has 0 unspecified atom stereocenters. The molecule has 0 spiro atoms. The number of hydrogen-bond acceptors (Lipinski definition) is 2. The molecule has 2 amide bonds. The van der Waals surface area contributed by atoms with Gasteiger partial charge in [-0.3, -0.25) is 4.79 Å². The third kappa shape index (κ3) is 3.77. The summed E-state index contributed by atoms with van der Waals surface area (Å²) >= 11 is 0. The second-order valence-corrected chi connectivity index (χ2v) is 4.09. The second kappa shape index (κ2) is 4.98. The zero-order valence-corrected chi connectivity index (χ0v) is 8.80. The fourth-order valence-corrected chi connectivity index (χ4v) is 1.57. The van der Waals surface area contributed by atoms with E-state index in [2.05, 4.69) is 10.6 Å².